The third-order valence-electron chi connectivity index (χ3n) is 7.23. The van der Waals surface area contributed by atoms with Crippen LogP contribution in [0.4, 0.5) is 24.5 Å². The Morgan fingerprint density at radius 2 is 1.27 bits per heavy atom. The molecule has 0 aliphatic heterocycles. The Balaban J connectivity index is 0.000000195. The fraction of sp³-hybridized carbons (Fsp3) is 0.0588. The monoisotopic (exact) mass is 741 g/mol. The molecule has 1 amide bonds. The summed E-state index contributed by atoms with van der Waals surface area (Å²) in [4.78, 5) is 31.4. The first kappa shape index (κ1) is 34.1. The number of nitrogens with one attached hydrogen (secondary N) is 3. The molecule has 0 saturated carbocycles. The first-order valence-corrected chi connectivity index (χ1v) is 15.8. The fourth-order valence-corrected chi connectivity index (χ4v) is 5.64. The van der Waals surface area contributed by atoms with Crippen LogP contribution in [0.1, 0.15) is 21.7 Å². The summed E-state index contributed by atoms with van der Waals surface area (Å²) in [6, 6.07) is 22.7. The molecule has 0 aliphatic rings. The lowest BCUT2D eigenvalue weighted by Gasteiger charge is -2.11. The number of amides is 1. The minimum absolute atomic E-state index is 0.0304. The normalized spacial score (nSPS) is 11.4. The SMILES string of the molecule is Cc1nc(C(F)(F)F)ccc1C(=O)Nc1ccc(Cl)c(-c2nc3ccc(Cl)cc3[nH]2)c1.Nc1ccc(Cl)c(-c2nc3ccc(Cl)cc3[nH]2)c1. The van der Waals surface area contributed by atoms with Crippen LogP contribution in [0.3, 0.4) is 0 Å². The number of halogens is 7. The molecule has 0 fully saturated rings. The molecule has 0 atom stereocenters. The van der Waals surface area contributed by atoms with Gasteiger partial charge in [0.2, 0.25) is 0 Å². The minimum atomic E-state index is -4.58. The van der Waals surface area contributed by atoms with Crippen LogP contribution < -0.4 is 11.1 Å². The summed E-state index contributed by atoms with van der Waals surface area (Å²) in [7, 11) is 0. The average molecular weight is 743 g/mol. The van der Waals surface area contributed by atoms with Crippen LogP contribution in [0.2, 0.25) is 20.1 Å². The van der Waals surface area contributed by atoms with Crippen molar-refractivity contribution >= 4 is 85.8 Å². The van der Waals surface area contributed by atoms with Crippen LogP contribution >= 0.6 is 46.4 Å². The lowest BCUT2D eigenvalue weighted by Crippen LogP contribution is -2.16. The van der Waals surface area contributed by atoms with Gasteiger partial charge >= 0.3 is 6.18 Å². The van der Waals surface area contributed by atoms with Crippen molar-refractivity contribution in [2.45, 2.75) is 13.1 Å². The number of carbonyl (C=O) groups excluding carboxylic acids is 1. The van der Waals surface area contributed by atoms with Gasteiger partial charge in [0.05, 0.1) is 43.4 Å². The number of hydrogen-bond acceptors (Lipinski definition) is 5. The quantitative estimate of drug-likeness (QED) is 0.134. The van der Waals surface area contributed by atoms with Gasteiger partial charge in [-0.05, 0) is 91.9 Å². The van der Waals surface area contributed by atoms with E-state index in [1.165, 1.54) is 6.92 Å². The molecule has 5 N–H and O–H groups in total. The third-order valence-corrected chi connectivity index (χ3v) is 8.36. The van der Waals surface area contributed by atoms with Gasteiger partial charge in [-0.15, -0.1) is 0 Å². The molecule has 0 aliphatic carbocycles. The number of nitrogens with two attached hydrogens (primary N) is 1. The van der Waals surface area contributed by atoms with Crippen molar-refractivity contribution in [1.82, 2.24) is 24.9 Å². The number of aromatic nitrogens is 5. The molecule has 0 radical (unpaired) electrons. The van der Waals surface area contributed by atoms with E-state index in [0.717, 1.165) is 34.2 Å². The highest BCUT2D eigenvalue weighted by Gasteiger charge is 2.33. The zero-order chi connectivity index (χ0) is 35.0. The Hall–Kier alpha value is -4.81. The van der Waals surface area contributed by atoms with E-state index in [0.29, 0.717) is 54.2 Å². The smallest absolute Gasteiger partial charge is 0.399 e. The molecule has 248 valence electrons. The molecule has 3 heterocycles. The van der Waals surface area contributed by atoms with Gasteiger partial charge in [-0.3, -0.25) is 4.79 Å². The Morgan fingerprint density at radius 3 is 1.82 bits per heavy atom. The van der Waals surface area contributed by atoms with E-state index in [2.05, 4.69) is 30.2 Å². The van der Waals surface area contributed by atoms with E-state index < -0.39 is 17.8 Å². The predicted molar refractivity (Wildman–Crippen MR) is 189 cm³/mol. The van der Waals surface area contributed by atoms with Gasteiger partial charge in [0.1, 0.15) is 17.3 Å². The molecule has 49 heavy (non-hydrogen) atoms. The standard InChI is InChI=1S/C21H13Cl2F3N4O.C13H9Cl2N3/c1-10-13(4-7-18(27-10)21(24,25)26)20(31)28-12-3-5-15(23)14(9-12)19-29-16-6-2-11(22)8-17(16)30-19;14-7-1-4-11-12(5-7)18-13(17-11)9-6-8(16)2-3-10(9)15/h2-9H,1H3,(H,28,31)(H,29,30);1-6H,16H2,(H,17,18). The van der Waals surface area contributed by atoms with Crippen LogP contribution in [-0.2, 0) is 6.18 Å². The summed E-state index contributed by atoms with van der Waals surface area (Å²) in [5, 5.41) is 4.87. The summed E-state index contributed by atoms with van der Waals surface area (Å²) in [5.74, 6) is 0.568. The predicted octanol–water partition coefficient (Wildman–Crippen LogP) is 10.6. The van der Waals surface area contributed by atoms with Gasteiger partial charge < -0.3 is 21.0 Å². The number of imidazole rings is 2. The minimum Gasteiger partial charge on any atom is -0.399 e. The largest absolute Gasteiger partial charge is 0.433 e. The summed E-state index contributed by atoms with van der Waals surface area (Å²) in [6.45, 7) is 1.34. The van der Waals surface area contributed by atoms with Gasteiger partial charge in [-0.2, -0.15) is 13.2 Å². The molecule has 0 spiro atoms. The number of hydrogen-bond donors (Lipinski definition) is 4. The number of rotatable bonds is 4. The second-order valence-electron chi connectivity index (χ2n) is 10.7. The molecule has 15 heteroatoms. The van der Waals surface area contributed by atoms with Gasteiger partial charge in [-0.1, -0.05) is 46.4 Å². The van der Waals surface area contributed by atoms with Gasteiger partial charge in [0.25, 0.3) is 5.91 Å². The topological polar surface area (TPSA) is 125 Å². The third kappa shape index (κ3) is 7.60. The van der Waals surface area contributed by atoms with E-state index in [9.17, 15) is 18.0 Å². The van der Waals surface area contributed by atoms with E-state index in [4.69, 9.17) is 52.1 Å². The highest BCUT2D eigenvalue weighted by Crippen LogP contribution is 2.33. The number of anilines is 2. The zero-order valence-electron chi connectivity index (χ0n) is 25.1. The Labute approximate surface area is 296 Å². The number of pyridine rings is 1. The number of benzene rings is 4. The van der Waals surface area contributed by atoms with Crippen molar-refractivity contribution in [1.29, 1.82) is 0 Å². The number of alkyl halides is 3. The summed E-state index contributed by atoms with van der Waals surface area (Å²) < 4.78 is 38.4. The van der Waals surface area contributed by atoms with E-state index in [1.807, 2.05) is 12.1 Å². The van der Waals surface area contributed by atoms with E-state index >= 15 is 0 Å². The number of aryl methyl sites for hydroxylation is 1. The Kier molecular flexibility index (Phi) is 9.45. The summed E-state index contributed by atoms with van der Waals surface area (Å²) >= 11 is 24.4. The fourth-order valence-electron chi connectivity index (χ4n) is 4.89. The van der Waals surface area contributed by atoms with Crippen molar-refractivity contribution in [3.8, 4) is 22.8 Å². The second kappa shape index (κ2) is 13.6. The molecule has 4 aromatic carbocycles. The lowest BCUT2D eigenvalue weighted by molar-refractivity contribution is -0.141. The number of nitrogens with zero attached hydrogens (tertiary/aromatic N) is 3. The number of aromatic amines is 2. The van der Waals surface area contributed by atoms with Gasteiger partial charge in [0, 0.05) is 32.5 Å². The second-order valence-corrected chi connectivity index (χ2v) is 12.4. The highest BCUT2D eigenvalue weighted by atomic mass is 35.5. The van der Waals surface area contributed by atoms with Gasteiger partial charge in [0.15, 0.2) is 0 Å². The summed E-state index contributed by atoms with van der Waals surface area (Å²) in [6.07, 6.45) is -4.58. The molecule has 0 bridgehead atoms. The molecule has 0 saturated heterocycles. The van der Waals surface area contributed by atoms with Crippen LogP contribution in [-0.4, -0.2) is 30.8 Å². The van der Waals surface area contributed by atoms with Crippen molar-refractivity contribution in [2.24, 2.45) is 0 Å². The van der Waals surface area contributed by atoms with Crippen LogP contribution in [0.5, 0.6) is 0 Å². The number of fused-ring (bicyclic) bond motifs is 2. The van der Waals surface area contributed by atoms with E-state index in [1.54, 1.807) is 60.7 Å². The molecule has 7 rings (SSSR count). The van der Waals surface area contributed by atoms with Crippen LogP contribution in [0.15, 0.2) is 84.9 Å². The summed E-state index contributed by atoms with van der Waals surface area (Å²) in [5.41, 5.74) is 10.2. The maximum atomic E-state index is 12.8. The van der Waals surface area contributed by atoms with Crippen molar-refractivity contribution in [2.75, 3.05) is 11.1 Å². The zero-order valence-corrected chi connectivity index (χ0v) is 28.1. The molecule has 8 nitrogen and oxygen atoms in total. The van der Waals surface area contributed by atoms with Crippen molar-refractivity contribution in [3.05, 3.63) is 122 Å². The Bertz CT molecular complexity index is 2370. The average Bonchev–Trinajstić information content (AvgIpc) is 3.66. The Morgan fingerprint density at radius 1 is 0.714 bits per heavy atom. The van der Waals surface area contributed by atoms with Gasteiger partial charge in [-0.25, -0.2) is 15.0 Å². The first-order chi connectivity index (χ1) is 23.2. The first-order valence-electron chi connectivity index (χ1n) is 14.3. The maximum absolute atomic E-state index is 12.8. The number of nitrogen functional groups attached to an aromatic ring is 1. The van der Waals surface area contributed by atoms with Crippen LogP contribution in [0, 0.1) is 6.92 Å². The maximum Gasteiger partial charge on any atom is 0.433 e. The molecular weight excluding hydrogens is 721 g/mol. The molecule has 7 aromatic rings. The number of carbonyl (C=O) groups is 1. The van der Waals surface area contributed by atoms with Crippen molar-refractivity contribution in [3.63, 3.8) is 0 Å². The van der Waals surface area contributed by atoms with E-state index in [-0.39, 0.29) is 11.3 Å². The highest BCUT2D eigenvalue weighted by molar-refractivity contribution is 6.34. The molecule has 3 aromatic heterocycles. The lowest BCUT2D eigenvalue weighted by atomic mass is 10.1. The van der Waals surface area contributed by atoms with Crippen LogP contribution in [0.25, 0.3) is 44.8 Å². The van der Waals surface area contributed by atoms with Crippen molar-refractivity contribution < 1.29 is 18.0 Å². The molecule has 0 unspecified atom stereocenters. The molecular formula is C34H22Cl4F3N7O. The number of H-pyrrole nitrogens is 2.